The minimum absolute atomic E-state index is 0.0109. The monoisotopic (exact) mass is 685 g/mol. The molecule has 0 radical (unpaired) electrons. The highest BCUT2D eigenvalue weighted by molar-refractivity contribution is 7.86. The molecule has 0 aromatic rings. The lowest BCUT2D eigenvalue weighted by Gasteiger charge is -2.37. The van der Waals surface area contributed by atoms with E-state index in [-0.39, 0.29) is 36.8 Å². The Morgan fingerprint density at radius 3 is 1.96 bits per heavy atom. The summed E-state index contributed by atoms with van der Waals surface area (Å²) in [7, 11) is 0.578. The van der Waals surface area contributed by atoms with Gasteiger partial charge >= 0.3 is 6.03 Å². The van der Waals surface area contributed by atoms with Gasteiger partial charge in [-0.25, -0.2) is 4.79 Å². The van der Waals surface area contributed by atoms with Crippen molar-refractivity contribution in [1.82, 2.24) is 29.5 Å². The molecular formula is C32H59N7O7S. The average Bonchev–Trinajstić information content (AvgIpc) is 3.33. The lowest BCUT2D eigenvalue weighted by atomic mass is 9.80. The summed E-state index contributed by atoms with van der Waals surface area (Å²) in [6, 6.07) is -4.21. The summed E-state index contributed by atoms with van der Waals surface area (Å²) in [4.78, 5) is 67.8. The van der Waals surface area contributed by atoms with E-state index < -0.39 is 69.3 Å². The van der Waals surface area contributed by atoms with Crippen LogP contribution in [0, 0.1) is 29.1 Å². The Balaban J connectivity index is 2.33. The first-order valence-corrected chi connectivity index (χ1v) is 18.1. The first-order valence-electron chi connectivity index (χ1n) is 16.7. The smallest absolute Gasteiger partial charge is 0.315 e. The molecule has 0 spiro atoms. The molecule has 5 N–H and O–H groups in total. The summed E-state index contributed by atoms with van der Waals surface area (Å²) in [5, 5.41) is 8.45. The zero-order valence-corrected chi connectivity index (χ0v) is 30.8. The Kier molecular flexibility index (Phi) is 14.2. The van der Waals surface area contributed by atoms with E-state index >= 15 is 0 Å². The summed E-state index contributed by atoms with van der Waals surface area (Å²) < 4.78 is 27.5. The van der Waals surface area contributed by atoms with Crippen molar-refractivity contribution in [3.8, 4) is 0 Å². The highest BCUT2D eigenvalue weighted by atomic mass is 32.2. The summed E-state index contributed by atoms with van der Waals surface area (Å²) >= 11 is 0. The van der Waals surface area contributed by atoms with E-state index in [2.05, 4.69) is 16.0 Å². The molecule has 1 aliphatic heterocycles. The molecular weight excluding hydrogens is 626 g/mol. The molecule has 15 heteroatoms. The van der Waals surface area contributed by atoms with Crippen molar-refractivity contribution in [2.75, 3.05) is 34.2 Å². The molecule has 2 aliphatic rings. The summed E-state index contributed by atoms with van der Waals surface area (Å²) in [5.41, 5.74) is 4.57. The van der Waals surface area contributed by atoms with Crippen LogP contribution in [0.2, 0.25) is 0 Å². The molecule has 5 amide bonds. The number of amides is 5. The number of rotatable bonds is 16. The lowest BCUT2D eigenvalue weighted by Crippen LogP contribution is -2.62. The predicted molar refractivity (Wildman–Crippen MR) is 180 cm³/mol. The van der Waals surface area contributed by atoms with Crippen LogP contribution >= 0.6 is 0 Å². The number of carbonyl (C=O) groups is 5. The van der Waals surface area contributed by atoms with Crippen molar-refractivity contribution >= 4 is 39.7 Å². The number of carbonyl (C=O) groups excluding carboxylic acids is 5. The maximum absolute atomic E-state index is 14.3. The quantitative estimate of drug-likeness (QED) is 0.177. The molecule has 1 heterocycles. The van der Waals surface area contributed by atoms with Crippen LogP contribution in [-0.2, 0) is 29.4 Å². The molecule has 14 nitrogen and oxygen atoms in total. The Hall–Kier alpha value is -2.78. The van der Waals surface area contributed by atoms with Gasteiger partial charge in [-0.15, -0.1) is 0 Å². The van der Waals surface area contributed by atoms with E-state index in [0.717, 1.165) is 27.9 Å². The third kappa shape index (κ3) is 10.9. The van der Waals surface area contributed by atoms with Gasteiger partial charge in [-0.05, 0) is 48.3 Å². The molecule has 0 aromatic carbocycles. The number of likely N-dealkylation sites (N-methyl/N-ethyl adjacent to an activating group) is 1. The third-order valence-electron chi connectivity index (χ3n) is 9.34. The zero-order chi connectivity index (χ0) is 36.0. The number of urea groups is 1. The van der Waals surface area contributed by atoms with Gasteiger partial charge in [0.25, 0.3) is 16.1 Å². The number of Topliss-reactive ketones (excluding diaryl/α,β-unsaturated/α-hetero) is 1. The highest BCUT2D eigenvalue weighted by Gasteiger charge is 2.47. The highest BCUT2D eigenvalue weighted by Crippen LogP contribution is 2.34. The fourth-order valence-electron chi connectivity index (χ4n) is 6.26. The molecule has 2 fully saturated rings. The van der Waals surface area contributed by atoms with Gasteiger partial charge in [0.2, 0.25) is 17.6 Å². The van der Waals surface area contributed by atoms with E-state index in [0.29, 0.717) is 19.3 Å². The van der Waals surface area contributed by atoms with E-state index in [1.165, 1.54) is 26.0 Å². The van der Waals surface area contributed by atoms with Gasteiger partial charge in [-0.1, -0.05) is 67.7 Å². The molecule has 2 rings (SSSR count). The van der Waals surface area contributed by atoms with Crippen LogP contribution in [0.4, 0.5) is 4.79 Å². The second-order valence-electron chi connectivity index (χ2n) is 15.3. The largest absolute Gasteiger partial charge is 0.363 e. The standard InChI is InChI=1S/C32H59N7O7S/c1-19(2)16-22-14-15-39(25(22)29(42)34-23(26(40)28(33)41)17-21-12-11-13-21)30(43)27(32(5,6)7)36-31(44)35-24(20(3)4)18-38(10)47(45,46)37(8)9/h19-25,27H,11-18H2,1-10H3,(H2,33,41)(H,34,42)(H2,35,36,44)/t22-,23?,24-,25+,27-/m1/s1. The van der Waals surface area contributed by atoms with Gasteiger partial charge < -0.3 is 26.6 Å². The normalized spacial score (nSPS) is 21.0. The van der Waals surface area contributed by atoms with E-state index in [9.17, 15) is 32.4 Å². The number of ketones is 1. The van der Waals surface area contributed by atoms with Gasteiger partial charge in [-0.2, -0.15) is 17.0 Å². The van der Waals surface area contributed by atoms with Crippen LogP contribution in [0.25, 0.3) is 0 Å². The molecule has 1 saturated heterocycles. The van der Waals surface area contributed by atoms with Crippen molar-refractivity contribution in [3.05, 3.63) is 0 Å². The van der Waals surface area contributed by atoms with Crippen molar-refractivity contribution in [1.29, 1.82) is 0 Å². The third-order valence-corrected chi connectivity index (χ3v) is 11.2. The van der Waals surface area contributed by atoms with Crippen molar-refractivity contribution in [3.63, 3.8) is 0 Å². The van der Waals surface area contributed by atoms with Crippen LogP contribution in [0.15, 0.2) is 0 Å². The van der Waals surface area contributed by atoms with Crippen molar-refractivity contribution < 1.29 is 32.4 Å². The molecule has 1 saturated carbocycles. The van der Waals surface area contributed by atoms with Crippen LogP contribution < -0.4 is 21.7 Å². The zero-order valence-electron chi connectivity index (χ0n) is 30.0. The summed E-state index contributed by atoms with van der Waals surface area (Å²) in [6.07, 6.45) is 4.37. The Labute approximate surface area is 281 Å². The lowest BCUT2D eigenvalue weighted by molar-refractivity contribution is -0.144. The fraction of sp³-hybridized carbons (Fsp3) is 0.844. The fourth-order valence-corrected chi connectivity index (χ4v) is 7.17. The minimum atomic E-state index is -3.72. The molecule has 1 aliphatic carbocycles. The van der Waals surface area contributed by atoms with Crippen LogP contribution in [0.3, 0.4) is 0 Å². The van der Waals surface area contributed by atoms with Gasteiger partial charge in [0.05, 0.1) is 6.04 Å². The summed E-state index contributed by atoms with van der Waals surface area (Å²) in [5.74, 6) is -2.80. The first kappa shape index (κ1) is 40.4. The van der Waals surface area contributed by atoms with E-state index in [4.69, 9.17) is 5.73 Å². The number of hydrogen-bond acceptors (Lipinski definition) is 7. The molecule has 5 atom stereocenters. The van der Waals surface area contributed by atoms with Crippen molar-refractivity contribution in [2.45, 2.75) is 111 Å². The maximum atomic E-state index is 14.3. The number of likely N-dealkylation sites (tertiary alicyclic amines) is 1. The maximum Gasteiger partial charge on any atom is 0.315 e. The molecule has 0 bridgehead atoms. The number of nitrogens with zero attached hydrogens (tertiary/aromatic N) is 3. The average molecular weight is 686 g/mol. The Morgan fingerprint density at radius 2 is 1.51 bits per heavy atom. The van der Waals surface area contributed by atoms with E-state index in [1.54, 1.807) is 0 Å². The second-order valence-corrected chi connectivity index (χ2v) is 17.6. The molecule has 1 unspecified atom stereocenters. The summed E-state index contributed by atoms with van der Waals surface area (Å²) in [6.45, 7) is 13.5. The van der Waals surface area contributed by atoms with Gasteiger partial charge in [-0.3, -0.25) is 19.2 Å². The van der Waals surface area contributed by atoms with Crippen LogP contribution in [0.1, 0.15) is 87.0 Å². The number of hydrogen-bond donors (Lipinski definition) is 4. The first-order chi connectivity index (χ1) is 21.6. The van der Waals surface area contributed by atoms with Gasteiger partial charge in [0.1, 0.15) is 12.1 Å². The topological polar surface area (TPSA) is 191 Å². The van der Waals surface area contributed by atoms with E-state index in [1.807, 2.05) is 48.5 Å². The SMILES string of the molecule is CC(C)C[C@H]1CCN(C(=O)[C@@H](NC(=O)N[C@H](CN(C)S(=O)(=O)N(C)C)C(C)C)C(C)(C)C)[C@@H]1C(=O)NC(CC1CCC1)C(=O)C(N)=O. The molecule has 47 heavy (non-hydrogen) atoms. The number of nitrogens with one attached hydrogen (secondary N) is 3. The second kappa shape index (κ2) is 16.6. The Bertz CT molecular complexity index is 1240. The number of primary amides is 1. The molecule has 0 aromatic heterocycles. The number of nitrogens with two attached hydrogens (primary N) is 1. The molecule has 270 valence electrons. The minimum Gasteiger partial charge on any atom is -0.363 e. The predicted octanol–water partition coefficient (Wildman–Crippen LogP) is 1.46. The van der Waals surface area contributed by atoms with Gasteiger partial charge in [0, 0.05) is 40.3 Å². The van der Waals surface area contributed by atoms with Gasteiger partial charge in [0.15, 0.2) is 0 Å². The van der Waals surface area contributed by atoms with Crippen LogP contribution in [0.5, 0.6) is 0 Å². The van der Waals surface area contributed by atoms with Crippen molar-refractivity contribution in [2.24, 2.45) is 34.8 Å². The van der Waals surface area contributed by atoms with Crippen LogP contribution in [-0.4, -0.2) is 110 Å². The Morgan fingerprint density at radius 1 is 0.915 bits per heavy atom.